The minimum absolute atomic E-state index is 0.485. The molecule has 1 aromatic carbocycles. The summed E-state index contributed by atoms with van der Waals surface area (Å²) in [5.41, 5.74) is 0.969. The number of H-pyrrole nitrogens is 1. The Morgan fingerprint density at radius 1 is 1.25 bits per heavy atom. The Morgan fingerprint density at radius 3 is 2.80 bits per heavy atom. The molecule has 6 heteroatoms. The molecule has 0 saturated heterocycles. The van der Waals surface area contributed by atoms with E-state index >= 15 is 0 Å². The minimum atomic E-state index is -0.678. The molecular weight excluding hydrogens is 278 g/mol. The summed E-state index contributed by atoms with van der Waals surface area (Å²) in [4.78, 5) is 30.7. The first-order valence-electron chi connectivity index (χ1n) is 5.94. The predicted molar refractivity (Wildman–Crippen MR) is 77.7 cm³/mol. The summed E-state index contributed by atoms with van der Waals surface area (Å²) in [6.07, 6.45) is 1.63. The summed E-state index contributed by atoms with van der Waals surface area (Å²) in [6, 6.07) is 8.42. The molecule has 1 N–H and O–H groups in total. The van der Waals surface area contributed by atoms with Gasteiger partial charge in [-0.25, -0.2) is 0 Å². The van der Waals surface area contributed by atoms with Gasteiger partial charge in [-0.2, -0.15) is 0 Å². The maximum Gasteiger partial charge on any atom is 0.321 e. The number of nitrogens with zero attached hydrogens (tertiary/aromatic N) is 2. The molecule has 3 aromatic rings. The number of hydrogen-bond donors (Lipinski definition) is 1. The van der Waals surface area contributed by atoms with Crippen LogP contribution in [0, 0.1) is 6.92 Å². The zero-order valence-corrected chi connectivity index (χ0v) is 11.3. The lowest BCUT2D eigenvalue weighted by Crippen LogP contribution is -2.35. The number of pyridine rings is 1. The molecule has 0 aliphatic heterocycles. The van der Waals surface area contributed by atoms with Gasteiger partial charge >= 0.3 is 11.1 Å². The molecule has 0 radical (unpaired) electrons. The van der Waals surface area contributed by atoms with Gasteiger partial charge < -0.3 is 4.98 Å². The highest BCUT2D eigenvalue weighted by Gasteiger charge is 2.12. The summed E-state index contributed by atoms with van der Waals surface area (Å²) in [6.45, 7) is 1.78. The molecule has 2 aromatic heterocycles. The van der Waals surface area contributed by atoms with Crippen LogP contribution in [0.2, 0.25) is 5.02 Å². The second kappa shape index (κ2) is 4.61. The summed E-state index contributed by atoms with van der Waals surface area (Å²) in [7, 11) is 0. The highest BCUT2D eigenvalue weighted by atomic mass is 35.5. The fourth-order valence-electron chi connectivity index (χ4n) is 2.13. The maximum atomic E-state index is 12.2. The summed E-state index contributed by atoms with van der Waals surface area (Å²) in [5.74, 6) is 0. The van der Waals surface area contributed by atoms with Crippen molar-refractivity contribution in [1.82, 2.24) is 14.5 Å². The maximum absolute atomic E-state index is 12.2. The van der Waals surface area contributed by atoms with Crippen molar-refractivity contribution in [3.05, 3.63) is 68.0 Å². The second-order valence-corrected chi connectivity index (χ2v) is 4.80. The van der Waals surface area contributed by atoms with Crippen molar-refractivity contribution in [2.75, 3.05) is 0 Å². The molecule has 3 rings (SSSR count). The molecule has 0 saturated carbocycles. The largest absolute Gasteiger partial charge is 0.321 e. The van der Waals surface area contributed by atoms with E-state index in [2.05, 4.69) is 9.97 Å². The van der Waals surface area contributed by atoms with Gasteiger partial charge in [0.1, 0.15) is 0 Å². The number of nitrogens with one attached hydrogen (secondary N) is 1. The topological polar surface area (TPSA) is 67.8 Å². The van der Waals surface area contributed by atoms with Crippen LogP contribution in [0.15, 0.2) is 46.1 Å². The molecule has 0 aliphatic rings. The average molecular weight is 288 g/mol. The van der Waals surface area contributed by atoms with E-state index in [-0.39, 0.29) is 0 Å². The van der Waals surface area contributed by atoms with Gasteiger partial charge in [0.2, 0.25) is 0 Å². The summed E-state index contributed by atoms with van der Waals surface area (Å²) >= 11 is 5.99. The fourth-order valence-corrected chi connectivity index (χ4v) is 2.30. The monoisotopic (exact) mass is 287 g/mol. The first-order chi connectivity index (χ1) is 9.58. The first-order valence-corrected chi connectivity index (χ1v) is 6.32. The lowest BCUT2D eigenvalue weighted by atomic mass is 10.2. The van der Waals surface area contributed by atoms with Crippen LogP contribution < -0.4 is 11.1 Å². The molecule has 0 fully saturated rings. The fraction of sp³-hybridized carbons (Fsp3) is 0.0714. The third kappa shape index (κ3) is 1.92. The van der Waals surface area contributed by atoms with Crippen molar-refractivity contribution >= 4 is 22.6 Å². The molecule has 0 aliphatic carbocycles. The summed E-state index contributed by atoms with van der Waals surface area (Å²) < 4.78 is 1.34. The molecule has 0 unspecified atom stereocenters. The van der Waals surface area contributed by atoms with Crippen molar-refractivity contribution in [3.8, 4) is 5.69 Å². The number of fused-ring (bicyclic) bond motifs is 1. The van der Waals surface area contributed by atoms with Crippen LogP contribution in [0.4, 0.5) is 0 Å². The van der Waals surface area contributed by atoms with Crippen LogP contribution >= 0.6 is 11.6 Å². The van der Waals surface area contributed by atoms with Crippen LogP contribution in [0.25, 0.3) is 16.7 Å². The Balaban J connectivity index is 2.54. The van der Waals surface area contributed by atoms with E-state index < -0.39 is 11.1 Å². The van der Waals surface area contributed by atoms with E-state index in [1.807, 2.05) is 0 Å². The van der Waals surface area contributed by atoms with Gasteiger partial charge in [0.25, 0.3) is 0 Å². The van der Waals surface area contributed by atoms with Crippen molar-refractivity contribution in [3.63, 3.8) is 0 Å². The highest BCUT2D eigenvalue weighted by molar-refractivity contribution is 6.31. The third-order valence-corrected chi connectivity index (χ3v) is 3.30. The number of rotatable bonds is 1. The SMILES string of the molecule is Cc1ncccc1-n1c(=O)c(=O)[nH]c2ccc(Cl)cc21. The molecular formula is C14H10ClN3O2. The molecule has 5 nitrogen and oxygen atoms in total. The highest BCUT2D eigenvalue weighted by Crippen LogP contribution is 2.19. The molecule has 0 spiro atoms. The van der Waals surface area contributed by atoms with Gasteiger partial charge in [-0.05, 0) is 37.3 Å². The molecule has 0 bridgehead atoms. The van der Waals surface area contributed by atoms with Crippen LogP contribution in [-0.4, -0.2) is 14.5 Å². The number of halogens is 1. The number of hydrogen-bond acceptors (Lipinski definition) is 3. The molecule has 0 atom stereocenters. The zero-order valence-electron chi connectivity index (χ0n) is 10.6. The Labute approximate surface area is 118 Å². The van der Waals surface area contributed by atoms with Crippen molar-refractivity contribution in [2.24, 2.45) is 0 Å². The van der Waals surface area contributed by atoms with Crippen LogP contribution in [0.3, 0.4) is 0 Å². The van der Waals surface area contributed by atoms with E-state index in [0.717, 1.165) is 0 Å². The van der Waals surface area contributed by atoms with Gasteiger partial charge in [0.15, 0.2) is 0 Å². The van der Waals surface area contributed by atoms with Crippen LogP contribution in [-0.2, 0) is 0 Å². The Hall–Kier alpha value is -2.40. The predicted octanol–water partition coefficient (Wildman–Crippen LogP) is 2.04. The Kier molecular flexibility index (Phi) is 2.91. The number of aromatic amines is 1. The van der Waals surface area contributed by atoms with Crippen molar-refractivity contribution in [1.29, 1.82) is 0 Å². The van der Waals surface area contributed by atoms with E-state index in [0.29, 0.717) is 27.4 Å². The third-order valence-electron chi connectivity index (χ3n) is 3.07. The van der Waals surface area contributed by atoms with Gasteiger partial charge in [-0.1, -0.05) is 11.6 Å². The lowest BCUT2D eigenvalue weighted by Gasteiger charge is -2.11. The second-order valence-electron chi connectivity index (χ2n) is 4.36. The number of benzene rings is 1. The van der Waals surface area contributed by atoms with E-state index in [1.54, 1.807) is 43.5 Å². The van der Waals surface area contributed by atoms with Crippen molar-refractivity contribution < 1.29 is 0 Å². The quantitative estimate of drug-likeness (QED) is 0.696. The molecule has 2 heterocycles. The van der Waals surface area contributed by atoms with Crippen LogP contribution in [0.1, 0.15) is 5.69 Å². The number of aryl methyl sites for hydroxylation is 1. The lowest BCUT2D eigenvalue weighted by molar-refractivity contribution is 0.958. The van der Waals surface area contributed by atoms with Gasteiger partial charge in [-0.15, -0.1) is 0 Å². The van der Waals surface area contributed by atoms with Crippen LogP contribution in [0.5, 0.6) is 0 Å². The average Bonchev–Trinajstić information content (AvgIpc) is 2.42. The first kappa shape index (κ1) is 12.6. The standard InChI is InChI=1S/C14H10ClN3O2/c1-8-11(3-2-6-16-8)18-12-7-9(15)4-5-10(12)17-13(19)14(18)20/h2-7H,1H3,(H,17,19). The molecule has 0 amide bonds. The summed E-state index contributed by atoms with van der Waals surface area (Å²) in [5, 5.41) is 0.485. The van der Waals surface area contributed by atoms with E-state index in [9.17, 15) is 9.59 Å². The van der Waals surface area contributed by atoms with Crippen molar-refractivity contribution in [2.45, 2.75) is 6.92 Å². The van der Waals surface area contributed by atoms with E-state index in [1.165, 1.54) is 4.57 Å². The molecule has 20 heavy (non-hydrogen) atoms. The minimum Gasteiger partial charge on any atom is -0.316 e. The Morgan fingerprint density at radius 2 is 2.05 bits per heavy atom. The normalized spacial score (nSPS) is 10.9. The Bertz CT molecular complexity index is 928. The van der Waals surface area contributed by atoms with E-state index in [4.69, 9.17) is 11.6 Å². The van der Waals surface area contributed by atoms with Gasteiger partial charge in [0.05, 0.1) is 22.4 Å². The van der Waals surface area contributed by atoms with Gasteiger partial charge in [-0.3, -0.25) is 19.1 Å². The smallest absolute Gasteiger partial charge is 0.316 e. The van der Waals surface area contributed by atoms with Gasteiger partial charge in [0, 0.05) is 11.2 Å². The zero-order chi connectivity index (χ0) is 14.3. The number of aromatic nitrogens is 3. The molecule has 100 valence electrons.